The topological polar surface area (TPSA) is 130 Å². The van der Waals surface area contributed by atoms with E-state index in [0.717, 1.165) is 12.8 Å². The summed E-state index contributed by atoms with van der Waals surface area (Å²) >= 11 is 1.29. The van der Waals surface area contributed by atoms with Crippen LogP contribution >= 0.6 is 20.3 Å². The molecular formula is C27H46N5O7PS. The Bertz CT molecular complexity index is 1150. The second-order valence-corrected chi connectivity index (χ2v) is 13.0. The molecule has 1 N–H and O–H groups in total. The fourth-order valence-electron chi connectivity index (χ4n) is 4.87. The van der Waals surface area contributed by atoms with Gasteiger partial charge in [-0.05, 0) is 41.0 Å². The Balaban J connectivity index is 1.80. The summed E-state index contributed by atoms with van der Waals surface area (Å²) in [6, 6.07) is 0.331. The van der Waals surface area contributed by atoms with Crippen LogP contribution in [0.25, 0.3) is 11.2 Å². The van der Waals surface area contributed by atoms with Crippen molar-refractivity contribution in [2.24, 2.45) is 0 Å². The van der Waals surface area contributed by atoms with Gasteiger partial charge in [0, 0.05) is 31.4 Å². The van der Waals surface area contributed by atoms with E-state index in [1.807, 2.05) is 6.92 Å². The van der Waals surface area contributed by atoms with Gasteiger partial charge in [0.15, 0.2) is 22.5 Å². The molecule has 232 valence electrons. The van der Waals surface area contributed by atoms with Gasteiger partial charge >= 0.3 is 0 Å². The second kappa shape index (κ2) is 16.4. The first-order valence-corrected chi connectivity index (χ1v) is 16.5. The minimum absolute atomic E-state index is 0.165. The molecule has 12 nitrogen and oxygen atoms in total. The number of aromatic nitrogens is 4. The molecule has 1 aliphatic rings. The van der Waals surface area contributed by atoms with Crippen molar-refractivity contribution in [2.45, 2.75) is 104 Å². The van der Waals surface area contributed by atoms with Gasteiger partial charge in [0.1, 0.15) is 18.0 Å². The van der Waals surface area contributed by atoms with Gasteiger partial charge in [-0.1, -0.05) is 32.0 Å². The third-order valence-electron chi connectivity index (χ3n) is 6.62. The Labute approximate surface area is 248 Å². The van der Waals surface area contributed by atoms with E-state index in [1.165, 1.54) is 11.8 Å². The predicted octanol–water partition coefficient (Wildman–Crippen LogP) is 4.57. The third-order valence-corrected chi connectivity index (χ3v) is 9.73. The molecule has 14 heteroatoms. The van der Waals surface area contributed by atoms with E-state index in [-0.39, 0.29) is 34.4 Å². The Kier molecular flexibility index (Phi) is 13.6. The number of carbonyl (C=O) groups excluding carboxylic acids is 1. The van der Waals surface area contributed by atoms with Crippen LogP contribution in [0.5, 0.6) is 0 Å². The van der Waals surface area contributed by atoms with Crippen molar-refractivity contribution >= 4 is 36.6 Å². The molecule has 5 unspecified atom stereocenters. The van der Waals surface area contributed by atoms with Crippen LogP contribution in [0.1, 0.15) is 72.9 Å². The highest BCUT2D eigenvalue weighted by Gasteiger charge is 2.49. The number of aryl methyl sites for hydroxylation is 1. The predicted molar refractivity (Wildman–Crippen MR) is 161 cm³/mol. The van der Waals surface area contributed by atoms with E-state index < -0.39 is 27.0 Å². The number of hydrogen-bond donors (Lipinski definition) is 1. The number of rotatable bonds is 17. The molecule has 2 aromatic heterocycles. The van der Waals surface area contributed by atoms with Gasteiger partial charge in [-0.15, -0.1) is 0 Å². The maximum Gasteiger partial charge on any atom is 0.279 e. The summed E-state index contributed by atoms with van der Waals surface area (Å²) in [5.74, 6) is 1.12. The van der Waals surface area contributed by atoms with Crippen LogP contribution in [0.2, 0.25) is 0 Å². The number of fused-ring (bicyclic) bond motifs is 1. The van der Waals surface area contributed by atoms with Crippen LogP contribution < -0.4 is 5.56 Å². The van der Waals surface area contributed by atoms with E-state index in [1.54, 1.807) is 24.9 Å². The van der Waals surface area contributed by atoms with Crippen molar-refractivity contribution in [3.63, 3.8) is 0 Å². The molecule has 5 atom stereocenters. The SMILES string of the molecule is CCCC1OC(n2cnc3c(=O)[nH]c(C)nc32)C(OC)C1OP(OCCOCCSC(=O)CC)N(C(C)C)C(C)C. The zero-order valence-electron chi connectivity index (χ0n) is 25.5. The summed E-state index contributed by atoms with van der Waals surface area (Å²) in [7, 11) is 0.132. The van der Waals surface area contributed by atoms with Crippen molar-refractivity contribution in [3.8, 4) is 0 Å². The van der Waals surface area contributed by atoms with Crippen LogP contribution in [0.3, 0.4) is 0 Å². The van der Waals surface area contributed by atoms with E-state index in [4.69, 9.17) is 23.3 Å². The van der Waals surface area contributed by atoms with Gasteiger partial charge in [-0.25, -0.2) is 14.6 Å². The number of ether oxygens (including phenoxy) is 3. The lowest BCUT2D eigenvalue weighted by Crippen LogP contribution is -2.39. The first kappa shape index (κ1) is 34.1. The smallest absolute Gasteiger partial charge is 0.279 e. The van der Waals surface area contributed by atoms with Crippen LogP contribution in [-0.4, -0.2) is 92.4 Å². The lowest BCUT2D eigenvalue weighted by atomic mass is 10.1. The molecule has 1 saturated heterocycles. The van der Waals surface area contributed by atoms with Crippen LogP contribution in [0, 0.1) is 6.92 Å². The van der Waals surface area contributed by atoms with E-state index >= 15 is 0 Å². The van der Waals surface area contributed by atoms with Crippen molar-refractivity contribution in [1.29, 1.82) is 0 Å². The van der Waals surface area contributed by atoms with E-state index in [2.05, 4.69) is 54.2 Å². The number of nitrogens with zero attached hydrogens (tertiary/aromatic N) is 4. The maximum absolute atomic E-state index is 12.5. The summed E-state index contributed by atoms with van der Waals surface area (Å²) < 4.78 is 35.5. The summed E-state index contributed by atoms with van der Waals surface area (Å²) in [4.78, 5) is 35.5. The zero-order valence-corrected chi connectivity index (χ0v) is 27.2. The molecule has 0 aliphatic carbocycles. The van der Waals surface area contributed by atoms with Crippen molar-refractivity contribution in [1.82, 2.24) is 24.2 Å². The fourth-order valence-corrected chi connectivity index (χ4v) is 7.26. The van der Waals surface area contributed by atoms with Crippen molar-refractivity contribution in [2.75, 3.05) is 32.7 Å². The minimum atomic E-state index is -1.50. The molecule has 0 spiro atoms. The molecule has 0 bridgehead atoms. The van der Waals surface area contributed by atoms with Gasteiger partial charge in [-0.2, -0.15) is 0 Å². The number of nitrogens with one attached hydrogen (secondary N) is 1. The Morgan fingerprint density at radius 3 is 2.56 bits per heavy atom. The number of aromatic amines is 1. The molecule has 1 fully saturated rings. The van der Waals surface area contributed by atoms with E-state index in [0.29, 0.717) is 43.5 Å². The quantitative estimate of drug-likeness (QED) is 0.198. The van der Waals surface area contributed by atoms with Crippen LogP contribution in [0.15, 0.2) is 11.1 Å². The van der Waals surface area contributed by atoms with Gasteiger partial charge < -0.3 is 28.2 Å². The second-order valence-electron chi connectivity index (χ2n) is 10.4. The highest BCUT2D eigenvalue weighted by atomic mass is 32.2. The number of H-pyrrole nitrogens is 1. The standard InChI is InChI=1S/C27H46N5O7PS/c1-9-11-20-23(24(35-8)27(38-20)31-16-28-22-25(31)29-19(7)30-26(22)34)39-40(32(17(3)4)18(5)6)37-13-12-36-14-15-41-21(33)10-2/h16-18,20,23-24,27H,9-15H2,1-8H3,(H,29,30,34). The third kappa shape index (κ3) is 8.79. The molecular weight excluding hydrogens is 569 g/mol. The van der Waals surface area contributed by atoms with Gasteiger partial charge in [0.05, 0.1) is 32.3 Å². The lowest BCUT2D eigenvalue weighted by Gasteiger charge is -2.38. The molecule has 0 amide bonds. The van der Waals surface area contributed by atoms with Crippen LogP contribution in [-0.2, 0) is 28.1 Å². The number of imidazole rings is 1. The summed E-state index contributed by atoms with van der Waals surface area (Å²) in [5.41, 5.74) is 0.393. The molecule has 41 heavy (non-hydrogen) atoms. The monoisotopic (exact) mass is 615 g/mol. The van der Waals surface area contributed by atoms with E-state index in [9.17, 15) is 9.59 Å². The Morgan fingerprint density at radius 1 is 1.20 bits per heavy atom. The zero-order chi connectivity index (χ0) is 30.1. The highest BCUT2D eigenvalue weighted by molar-refractivity contribution is 8.13. The summed E-state index contributed by atoms with van der Waals surface area (Å²) in [5, 5.41) is 0.166. The fraction of sp³-hybridized carbons (Fsp3) is 0.778. The molecule has 3 rings (SSSR count). The molecule has 1 aliphatic heterocycles. The van der Waals surface area contributed by atoms with Gasteiger partial charge in [0.2, 0.25) is 0 Å². The number of hydrogen-bond acceptors (Lipinski definition) is 11. The van der Waals surface area contributed by atoms with Gasteiger partial charge in [-0.3, -0.25) is 14.2 Å². The number of carbonyl (C=O) groups is 1. The molecule has 3 heterocycles. The molecule has 0 aromatic carbocycles. The van der Waals surface area contributed by atoms with Gasteiger partial charge in [0.25, 0.3) is 14.1 Å². The first-order chi connectivity index (χ1) is 19.6. The minimum Gasteiger partial charge on any atom is -0.378 e. The summed E-state index contributed by atoms with van der Waals surface area (Å²) in [6.07, 6.45) is 1.95. The van der Waals surface area contributed by atoms with Crippen molar-refractivity contribution in [3.05, 3.63) is 22.5 Å². The first-order valence-electron chi connectivity index (χ1n) is 14.4. The number of thioether (sulfide) groups is 1. The largest absolute Gasteiger partial charge is 0.378 e. The molecule has 0 radical (unpaired) electrons. The number of methoxy groups -OCH3 is 1. The average molecular weight is 616 g/mol. The lowest BCUT2D eigenvalue weighted by molar-refractivity contribution is -0.110. The Morgan fingerprint density at radius 2 is 1.93 bits per heavy atom. The van der Waals surface area contributed by atoms with Crippen molar-refractivity contribution < 1.29 is 28.1 Å². The molecule has 0 saturated carbocycles. The van der Waals surface area contributed by atoms with Crippen LogP contribution in [0.4, 0.5) is 0 Å². The normalized spacial score (nSPS) is 22.0. The Hall–Kier alpha value is -1.44. The molecule has 2 aromatic rings. The summed E-state index contributed by atoms with van der Waals surface area (Å²) in [6.45, 7) is 15.4. The highest BCUT2D eigenvalue weighted by Crippen LogP contribution is 2.51. The average Bonchev–Trinajstić information content (AvgIpc) is 3.48. The maximum atomic E-state index is 12.5.